The van der Waals surface area contributed by atoms with E-state index in [1.807, 2.05) is 0 Å². The number of ether oxygens (including phenoxy) is 1. The molecule has 2 rings (SSSR count). The van der Waals surface area contributed by atoms with Gasteiger partial charge < -0.3 is 15.4 Å². The molecule has 6 nitrogen and oxygen atoms in total. The average molecular weight is 349 g/mol. The zero-order valence-corrected chi connectivity index (χ0v) is 13.7. The molecule has 1 atom stereocenters. The van der Waals surface area contributed by atoms with Crippen molar-refractivity contribution in [3.63, 3.8) is 0 Å². The Hall–Kier alpha value is -3.03. The van der Waals surface area contributed by atoms with Crippen LogP contribution in [0, 0.1) is 11.6 Å². The lowest BCUT2D eigenvalue weighted by atomic mass is 10.2. The third kappa shape index (κ3) is 5.23. The number of carbonyl (C=O) groups excluding carboxylic acids is 2. The standard InChI is InChI=1S/C17H17F2N3O3/c1-10(22-11(2)23)16(24)21-9-12-4-3-7-20-17(12)25-15-6-5-13(18)8-14(15)19/h3-8,10H,9H2,1-2H3,(H,21,24)(H,22,23)/t10-/m1/s1. The molecule has 2 aromatic rings. The van der Waals surface area contributed by atoms with Crippen LogP contribution in [0.1, 0.15) is 19.4 Å². The number of halogens is 2. The Morgan fingerprint density at radius 1 is 1.28 bits per heavy atom. The summed E-state index contributed by atoms with van der Waals surface area (Å²) >= 11 is 0. The fraction of sp³-hybridized carbons (Fsp3) is 0.235. The lowest BCUT2D eigenvalue weighted by molar-refractivity contribution is -0.127. The van der Waals surface area contributed by atoms with Crippen LogP contribution in [0.5, 0.6) is 11.6 Å². The smallest absolute Gasteiger partial charge is 0.242 e. The van der Waals surface area contributed by atoms with Crippen molar-refractivity contribution in [2.45, 2.75) is 26.4 Å². The number of hydrogen-bond donors (Lipinski definition) is 2. The van der Waals surface area contributed by atoms with E-state index in [-0.39, 0.29) is 24.1 Å². The molecule has 0 spiro atoms. The number of benzene rings is 1. The highest BCUT2D eigenvalue weighted by Gasteiger charge is 2.15. The van der Waals surface area contributed by atoms with Crippen LogP contribution < -0.4 is 15.4 Å². The van der Waals surface area contributed by atoms with Gasteiger partial charge in [-0.3, -0.25) is 9.59 Å². The van der Waals surface area contributed by atoms with Gasteiger partial charge in [-0.2, -0.15) is 0 Å². The van der Waals surface area contributed by atoms with Crippen molar-refractivity contribution < 1.29 is 23.1 Å². The van der Waals surface area contributed by atoms with Crippen LogP contribution in [0.4, 0.5) is 8.78 Å². The van der Waals surface area contributed by atoms with Gasteiger partial charge in [0.05, 0.1) is 0 Å². The molecule has 0 bridgehead atoms. The second-order valence-electron chi connectivity index (χ2n) is 5.28. The van der Waals surface area contributed by atoms with E-state index in [9.17, 15) is 18.4 Å². The van der Waals surface area contributed by atoms with Crippen LogP contribution in [0.2, 0.25) is 0 Å². The van der Waals surface area contributed by atoms with Crippen molar-refractivity contribution in [2.75, 3.05) is 0 Å². The van der Waals surface area contributed by atoms with Crippen molar-refractivity contribution in [2.24, 2.45) is 0 Å². The first kappa shape index (κ1) is 18.3. The van der Waals surface area contributed by atoms with Gasteiger partial charge in [0.1, 0.15) is 11.9 Å². The first-order chi connectivity index (χ1) is 11.9. The second-order valence-corrected chi connectivity index (χ2v) is 5.28. The summed E-state index contributed by atoms with van der Waals surface area (Å²) in [6.07, 6.45) is 1.45. The van der Waals surface area contributed by atoms with Crippen LogP contribution >= 0.6 is 0 Å². The maximum atomic E-state index is 13.7. The van der Waals surface area contributed by atoms with Crippen molar-refractivity contribution >= 4 is 11.8 Å². The average Bonchev–Trinajstić information content (AvgIpc) is 2.55. The lowest BCUT2D eigenvalue weighted by Gasteiger charge is -2.14. The fourth-order valence-corrected chi connectivity index (χ4v) is 2.02. The number of carbonyl (C=O) groups is 2. The molecule has 8 heteroatoms. The topological polar surface area (TPSA) is 80.3 Å². The van der Waals surface area contributed by atoms with Gasteiger partial charge in [0.2, 0.25) is 17.7 Å². The number of nitrogens with zero attached hydrogens (tertiary/aromatic N) is 1. The van der Waals surface area contributed by atoms with E-state index < -0.39 is 23.6 Å². The molecule has 0 saturated carbocycles. The lowest BCUT2D eigenvalue weighted by Crippen LogP contribution is -2.43. The van der Waals surface area contributed by atoms with E-state index in [2.05, 4.69) is 15.6 Å². The van der Waals surface area contributed by atoms with Crippen LogP contribution in [-0.2, 0) is 16.1 Å². The van der Waals surface area contributed by atoms with Crippen molar-refractivity contribution in [3.05, 3.63) is 53.7 Å². The van der Waals surface area contributed by atoms with E-state index in [1.165, 1.54) is 13.1 Å². The zero-order valence-electron chi connectivity index (χ0n) is 13.7. The molecule has 0 unspecified atom stereocenters. The second kappa shape index (κ2) is 8.18. The highest BCUT2D eigenvalue weighted by Crippen LogP contribution is 2.25. The predicted molar refractivity (Wildman–Crippen MR) is 85.8 cm³/mol. The summed E-state index contributed by atoms with van der Waals surface area (Å²) in [5.74, 6) is -2.39. The SMILES string of the molecule is CC(=O)N[C@H](C)C(=O)NCc1cccnc1Oc1ccc(F)cc1F. The Labute approximate surface area is 143 Å². The summed E-state index contributed by atoms with van der Waals surface area (Å²) in [7, 11) is 0. The number of pyridine rings is 1. The molecular weight excluding hydrogens is 332 g/mol. The van der Waals surface area contributed by atoms with Gasteiger partial charge in [-0.25, -0.2) is 13.8 Å². The van der Waals surface area contributed by atoms with Gasteiger partial charge in [-0.05, 0) is 25.1 Å². The maximum absolute atomic E-state index is 13.7. The number of rotatable bonds is 6. The van der Waals surface area contributed by atoms with Gasteiger partial charge in [0.25, 0.3) is 0 Å². The highest BCUT2D eigenvalue weighted by molar-refractivity contribution is 5.86. The summed E-state index contributed by atoms with van der Waals surface area (Å²) in [5, 5.41) is 5.09. The van der Waals surface area contributed by atoms with E-state index in [0.29, 0.717) is 11.6 Å². The quantitative estimate of drug-likeness (QED) is 0.839. The van der Waals surface area contributed by atoms with Gasteiger partial charge in [-0.15, -0.1) is 0 Å². The molecule has 132 valence electrons. The van der Waals surface area contributed by atoms with Gasteiger partial charge in [-0.1, -0.05) is 6.07 Å². The summed E-state index contributed by atoms with van der Waals surface area (Å²) in [6.45, 7) is 2.92. The van der Waals surface area contributed by atoms with Crippen molar-refractivity contribution in [1.82, 2.24) is 15.6 Å². The molecule has 0 radical (unpaired) electrons. The molecule has 1 aromatic carbocycles. The summed E-state index contributed by atoms with van der Waals surface area (Å²) in [6, 6.07) is 5.50. The molecule has 2 amide bonds. The van der Waals surface area contributed by atoms with Gasteiger partial charge >= 0.3 is 0 Å². The highest BCUT2D eigenvalue weighted by atomic mass is 19.1. The summed E-state index contributed by atoms with van der Waals surface area (Å²) < 4.78 is 32.0. The largest absolute Gasteiger partial charge is 0.436 e. The first-order valence-corrected chi connectivity index (χ1v) is 7.48. The fourth-order valence-electron chi connectivity index (χ4n) is 2.02. The molecule has 0 fully saturated rings. The number of aromatic nitrogens is 1. The molecule has 0 saturated heterocycles. The van der Waals surface area contributed by atoms with E-state index in [0.717, 1.165) is 12.1 Å². The number of nitrogens with one attached hydrogen (secondary N) is 2. The van der Waals surface area contributed by atoms with Crippen LogP contribution in [-0.4, -0.2) is 22.8 Å². The summed E-state index contributed by atoms with van der Waals surface area (Å²) in [4.78, 5) is 26.9. The molecule has 0 aliphatic rings. The maximum Gasteiger partial charge on any atom is 0.242 e. The molecule has 0 aliphatic carbocycles. The Kier molecular flexibility index (Phi) is 5.99. The van der Waals surface area contributed by atoms with E-state index >= 15 is 0 Å². The molecular formula is C17H17F2N3O3. The molecule has 1 heterocycles. The minimum atomic E-state index is -0.861. The Morgan fingerprint density at radius 3 is 2.72 bits per heavy atom. The van der Waals surface area contributed by atoms with Gasteiger partial charge in [0, 0.05) is 31.3 Å². The number of hydrogen-bond acceptors (Lipinski definition) is 4. The minimum absolute atomic E-state index is 0.0642. The third-order valence-corrected chi connectivity index (χ3v) is 3.22. The van der Waals surface area contributed by atoms with Crippen LogP contribution in [0.25, 0.3) is 0 Å². The van der Waals surface area contributed by atoms with E-state index in [1.54, 1.807) is 19.1 Å². The van der Waals surface area contributed by atoms with Crippen molar-refractivity contribution in [1.29, 1.82) is 0 Å². The Bertz CT molecular complexity index is 783. The molecule has 2 N–H and O–H groups in total. The number of amides is 2. The van der Waals surface area contributed by atoms with E-state index in [4.69, 9.17) is 4.74 Å². The Balaban J connectivity index is 2.07. The van der Waals surface area contributed by atoms with Crippen molar-refractivity contribution in [3.8, 4) is 11.6 Å². The molecule has 1 aromatic heterocycles. The molecule has 25 heavy (non-hydrogen) atoms. The first-order valence-electron chi connectivity index (χ1n) is 7.48. The summed E-state index contributed by atoms with van der Waals surface area (Å²) in [5.41, 5.74) is 0.495. The predicted octanol–water partition coefficient (Wildman–Crippen LogP) is 2.29. The minimum Gasteiger partial charge on any atom is -0.436 e. The zero-order chi connectivity index (χ0) is 18.4. The molecule has 0 aliphatic heterocycles. The monoisotopic (exact) mass is 349 g/mol. The van der Waals surface area contributed by atoms with Gasteiger partial charge in [0.15, 0.2) is 11.6 Å². The Morgan fingerprint density at radius 2 is 2.04 bits per heavy atom. The van der Waals surface area contributed by atoms with Crippen LogP contribution in [0.15, 0.2) is 36.5 Å². The third-order valence-electron chi connectivity index (χ3n) is 3.22. The normalized spacial score (nSPS) is 11.5. The van der Waals surface area contributed by atoms with Crippen LogP contribution in [0.3, 0.4) is 0 Å².